The van der Waals surface area contributed by atoms with Crippen LogP contribution in [0.5, 0.6) is 0 Å². The van der Waals surface area contributed by atoms with Crippen molar-refractivity contribution < 1.29 is 14.3 Å². The van der Waals surface area contributed by atoms with Crippen LogP contribution < -0.4 is 10.9 Å². The van der Waals surface area contributed by atoms with Crippen LogP contribution in [0.3, 0.4) is 0 Å². The van der Waals surface area contributed by atoms with Gasteiger partial charge in [0.25, 0.3) is 5.56 Å². The van der Waals surface area contributed by atoms with Crippen molar-refractivity contribution >= 4 is 28.3 Å². The molecule has 0 aliphatic heterocycles. The van der Waals surface area contributed by atoms with Gasteiger partial charge in [-0.05, 0) is 19.4 Å². The minimum atomic E-state index is -0.495. The number of rotatable bonds is 4. The maximum absolute atomic E-state index is 12.0. The standard InChI is InChI=1S/C14H15N3O4S/c1-8-4-5-11(19)17(6-8)7-10(18)16-14-15-9(2)12(22-14)13(20)21-3/h4-6H,7H2,1-3H3,(H,15,16,18). The Labute approximate surface area is 130 Å². The van der Waals surface area contributed by atoms with Crippen LogP contribution in [0.2, 0.25) is 0 Å². The number of esters is 1. The van der Waals surface area contributed by atoms with Crippen molar-refractivity contribution in [2.75, 3.05) is 12.4 Å². The maximum atomic E-state index is 12.0. The van der Waals surface area contributed by atoms with Gasteiger partial charge in [0, 0.05) is 12.3 Å². The van der Waals surface area contributed by atoms with Crippen LogP contribution in [0.1, 0.15) is 20.9 Å². The molecule has 0 spiro atoms. The van der Waals surface area contributed by atoms with Gasteiger partial charge in [-0.3, -0.25) is 9.59 Å². The van der Waals surface area contributed by atoms with E-state index in [0.717, 1.165) is 16.9 Å². The van der Waals surface area contributed by atoms with Crippen LogP contribution in [0.25, 0.3) is 0 Å². The molecule has 1 amide bonds. The third-order valence-corrected chi connectivity index (χ3v) is 3.91. The summed E-state index contributed by atoms with van der Waals surface area (Å²) in [7, 11) is 1.28. The zero-order valence-corrected chi connectivity index (χ0v) is 13.2. The fourth-order valence-corrected chi connectivity index (χ4v) is 2.72. The molecule has 0 saturated carbocycles. The molecule has 2 rings (SSSR count). The molecule has 0 atom stereocenters. The molecule has 116 valence electrons. The zero-order chi connectivity index (χ0) is 16.3. The predicted octanol–water partition coefficient (Wildman–Crippen LogP) is 1.35. The number of pyridine rings is 1. The van der Waals surface area contributed by atoms with Crippen molar-refractivity contribution in [3.8, 4) is 0 Å². The van der Waals surface area contributed by atoms with Gasteiger partial charge in [0.05, 0.1) is 12.8 Å². The number of ether oxygens (including phenoxy) is 1. The number of carbonyl (C=O) groups excluding carboxylic acids is 2. The van der Waals surface area contributed by atoms with E-state index in [-0.39, 0.29) is 12.1 Å². The molecule has 2 aromatic heterocycles. The van der Waals surface area contributed by atoms with Crippen molar-refractivity contribution in [1.82, 2.24) is 9.55 Å². The Morgan fingerprint density at radius 2 is 2.09 bits per heavy atom. The molecule has 0 bridgehead atoms. The van der Waals surface area contributed by atoms with Gasteiger partial charge in [-0.2, -0.15) is 0 Å². The van der Waals surface area contributed by atoms with Gasteiger partial charge >= 0.3 is 5.97 Å². The second-order valence-electron chi connectivity index (χ2n) is 4.65. The van der Waals surface area contributed by atoms with Crippen LogP contribution in [0.15, 0.2) is 23.1 Å². The van der Waals surface area contributed by atoms with Gasteiger partial charge in [-0.25, -0.2) is 9.78 Å². The van der Waals surface area contributed by atoms with E-state index in [9.17, 15) is 14.4 Å². The number of aryl methyl sites for hydroxylation is 2. The fourth-order valence-electron chi connectivity index (χ4n) is 1.82. The first-order chi connectivity index (χ1) is 10.4. The van der Waals surface area contributed by atoms with Crippen molar-refractivity contribution in [2.24, 2.45) is 0 Å². The lowest BCUT2D eigenvalue weighted by molar-refractivity contribution is -0.116. The highest BCUT2D eigenvalue weighted by Gasteiger charge is 2.17. The van der Waals surface area contributed by atoms with Gasteiger partial charge in [-0.1, -0.05) is 17.4 Å². The molecule has 0 aromatic carbocycles. The minimum Gasteiger partial charge on any atom is -0.465 e. The Bertz CT molecular complexity index is 779. The quantitative estimate of drug-likeness (QED) is 0.858. The van der Waals surface area contributed by atoms with Crippen molar-refractivity contribution in [2.45, 2.75) is 20.4 Å². The van der Waals surface area contributed by atoms with E-state index >= 15 is 0 Å². The number of anilines is 1. The van der Waals surface area contributed by atoms with Crippen LogP contribution >= 0.6 is 11.3 Å². The number of carbonyl (C=O) groups is 2. The van der Waals surface area contributed by atoms with Crippen LogP contribution in [0.4, 0.5) is 5.13 Å². The van der Waals surface area contributed by atoms with Crippen LogP contribution in [-0.4, -0.2) is 28.5 Å². The van der Waals surface area contributed by atoms with Crippen molar-refractivity contribution in [3.63, 3.8) is 0 Å². The van der Waals surface area contributed by atoms with Gasteiger partial charge < -0.3 is 14.6 Å². The van der Waals surface area contributed by atoms with E-state index < -0.39 is 11.9 Å². The Hall–Kier alpha value is -2.48. The van der Waals surface area contributed by atoms with E-state index in [1.54, 1.807) is 19.2 Å². The number of hydrogen-bond donors (Lipinski definition) is 1. The largest absolute Gasteiger partial charge is 0.465 e. The van der Waals surface area contributed by atoms with E-state index in [1.165, 1.54) is 17.7 Å². The molecule has 0 aliphatic rings. The smallest absolute Gasteiger partial charge is 0.350 e. The molecule has 0 radical (unpaired) electrons. The third-order valence-electron chi connectivity index (χ3n) is 2.86. The lowest BCUT2D eigenvalue weighted by Crippen LogP contribution is -2.26. The van der Waals surface area contributed by atoms with Crippen LogP contribution in [0, 0.1) is 13.8 Å². The Kier molecular flexibility index (Phi) is 4.71. The molecule has 22 heavy (non-hydrogen) atoms. The first kappa shape index (κ1) is 15.9. The van der Waals surface area contributed by atoms with Gasteiger partial charge in [0.15, 0.2) is 5.13 Å². The number of hydrogen-bond acceptors (Lipinski definition) is 6. The van der Waals surface area contributed by atoms with E-state index in [4.69, 9.17) is 0 Å². The Balaban J connectivity index is 2.11. The Morgan fingerprint density at radius 1 is 1.36 bits per heavy atom. The number of nitrogens with zero attached hydrogens (tertiary/aromatic N) is 2. The topological polar surface area (TPSA) is 90.3 Å². The van der Waals surface area contributed by atoms with Gasteiger partial charge in [0.1, 0.15) is 11.4 Å². The molecule has 7 nitrogen and oxygen atoms in total. The number of methoxy groups -OCH3 is 1. The molecular weight excluding hydrogens is 306 g/mol. The average Bonchev–Trinajstić information content (AvgIpc) is 2.82. The maximum Gasteiger partial charge on any atom is 0.350 e. The number of aromatic nitrogens is 2. The Morgan fingerprint density at radius 3 is 2.77 bits per heavy atom. The molecule has 1 N–H and O–H groups in total. The lowest BCUT2D eigenvalue weighted by atomic mass is 10.3. The molecule has 0 fully saturated rings. The summed E-state index contributed by atoms with van der Waals surface area (Å²) in [4.78, 5) is 39.6. The zero-order valence-electron chi connectivity index (χ0n) is 12.4. The predicted molar refractivity (Wildman–Crippen MR) is 82.3 cm³/mol. The summed E-state index contributed by atoms with van der Waals surface area (Å²) in [6.45, 7) is 3.37. The van der Waals surface area contributed by atoms with Gasteiger partial charge in [0.2, 0.25) is 5.91 Å². The highest BCUT2D eigenvalue weighted by molar-refractivity contribution is 7.17. The fraction of sp³-hybridized carbons (Fsp3) is 0.286. The second kappa shape index (κ2) is 6.52. The van der Waals surface area contributed by atoms with Crippen molar-refractivity contribution in [1.29, 1.82) is 0 Å². The number of nitrogens with one attached hydrogen (secondary N) is 1. The van der Waals surface area contributed by atoms with Crippen LogP contribution in [-0.2, 0) is 16.1 Å². The molecule has 2 aromatic rings. The number of thiazole rings is 1. The summed E-state index contributed by atoms with van der Waals surface area (Å²) in [6.07, 6.45) is 1.61. The SMILES string of the molecule is COC(=O)c1sc(NC(=O)Cn2cc(C)ccc2=O)nc1C. The summed E-state index contributed by atoms with van der Waals surface area (Å²) in [5.74, 6) is -0.886. The molecule has 8 heteroatoms. The van der Waals surface area contributed by atoms with Crippen molar-refractivity contribution in [3.05, 3.63) is 44.8 Å². The average molecular weight is 321 g/mol. The van der Waals surface area contributed by atoms with E-state index in [2.05, 4.69) is 15.0 Å². The molecule has 0 saturated heterocycles. The van der Waals surface area contributed by atoms with E-state index in [0.29, 0.717) is 15.7 Å². The summed E-state index contributed by atoms with van der Waals surface area (Å²) >= 11 is 1.03. The minimum absolute atomic E-state index is 0.118. The van der Waals surface area contributed by atoms with E-state index in [1.807, 2.05) is 6.92 Å². The summed E-state index contributed by atoms with van der Waals surface area (Å²) < 4.78 is 5.95. The summed E-state index contributed by atoms with van der Waals surface area (Å²) in [5.41, 5.74) is 1.11. The monoisotopic (exact) mass is 321 g/mol. The molecular formula is C14H15N3O4S. The highest BCUT2D eigenvalue weighted by Crippen LogP contribution is 2.23. The summed E-state index contributed by atoms with van der Waals surface area (Å²) in [5, 5.41) is 2.87. The van der Waals surface area contributed by atoms with Gasteiger partial charge in [-0.15, -0.1) is 0 Å². The molecule has 2 heterocycles. The second-order valence-corrected chi connectivity index (χ2v) is 5.64. The molecule has 0 aliphatic carbocycles. The summed E-state index contributed by atoms with van der Waals surface area (Å²) in [6, 6.07) is 3.09. The lowest BCUT2D eigenvalue weighted by Gasteiger charge is -2.05. The number of amides is 1. The molecule has 0 unspecified atom stereocenters. The highest BCUT2D eigenvalue weighted by atomic mass is 32.1. The first-order valence-electron chi connectivity index (χ1n) is 6.43. The first-order valence-corrected chi connectivity index (χ1v) is 7.25. The third kappa shape index (κ3) is 3.59. The normalized spacial score (nSPS) is 10.3.